The van der Waals surface area contributed by atoms with E-state index in [-0.39, 0.29) is 5.82 Å². The van der Waals surface area contributed by atoms with Gasteiger partial charge in [-0.15, -0.1) is 0 Å². The van der Waals surface area contributed by atoms with Gasteiger partial charge < -0.3 is 10.2 Å². The summed E-state index contributed by atoms with van der Waals surface area (Å²) in [5.41, 5.74) is -0.538. The summed E-state index contributed by atoms with van der Waals surface area (Å²) in [5.74, 6) is -0.435. The average molecular weight is 265 g/mol. The highest BCUT2D eigenvalue weighted by Crippen LogP contribution is 2.13. The summed E-state index contributed by atoms with van der Waals surface area (Å²) in [7, 11) is 0. The molecule has 0 aliphatic carbocycles. The zero-order chi connectivity index (χ0) is 13.2. The summed E-state index contributed by atoms with van der Waals surface area (Å²) in [5, 5.41) is 6.92. The molecule has 0 aromatic carbocycles. The molecule has 1 fully saturated rings. The molecule has 2 aromatic heterocycles. The maximum Gasteiger partial charge on any atom is 0.349 e. The van der Waals surface area contributed by atoms with Crippen molar-refractivity contribution >= 4 is 5.95 Å². The van der Waals surface area contributed by atoms with Crippen molar-refractivity contribution in [1.29, 1.82) is 0 Å². The fraction of sp³-hybridized carbons (Fsp3) is 0.400. The number of hydrogen-bond acceptors (Lipinski definition) is 6. The lowest BCUT2D eigenvalue weighted by atomic mass is 10.4. The first-order valence-corrected chi connectivity index (χ1v) is 5.87. The van der Waals surface area contributed by atoms with Gasteiger partial charge in [0.15, 0.2) is 11.6 Å². The molecule has 0 radical (unpaired) electrons. The van der Waals surface area contributed by atoms with Gasteiger partial charge in [-0.3, -0.25) is 4.98 Å². The van der Waals surface area contributed by atoms with Crippen molar-refractivity contribution in [2.45, 2.75) is 0 Å². The van der Waals surface area contributed by atoms with Crippen LogP contribution in [0.25, 0.3) is 5.82 Å². The van der Waals surface area contributed by atoms with E-state index in [0.29, 0.717) is 5.95 Å². The van der Waals surface area contributed by atoms with Crippen LogP contribution in [0, 0.1) is 5.82 Å². The van der Waals surface area contributed by atoms with Crippen molar-refractivity contribution in [1.82, 2.24) is 30.0 Å². The summed E-state index contributed by atoms with van der Waals surface area (Å²) in [6.07, 6.45) is 2.25. The maximum absolute atomic E-state index is 13.7. The van der Waals surface area contributed by atoms with Crippen LogP contribution < -0.4 is 15.9 Å². The van der Waals surface area contributed by atoms with E-state index < -0.39 is 11.5 Å². The summed E-state index contributed by atoms with van der Waals surface area (Å²) >= 11 is 0. The van der Waals surface area contributed by atoms with Gasteiger partial charge in [0.05, 0.1) is 6.20 Å². The Balaban J connectivity index is 2.01. The molecule has 0 atom stereocenters. The Morgan fingerprint density at radius 1 is 1.32 bits per heavy atom. The van der Waals surface area contributed by atoms with Crippen LogP contribution in [0.1, 0.15) is 0 Å². The first-order valence-electron chi connectivity index (χ1n) is 5.87. The second-order valence-electron chi connectivity index (χ2n) is 4.08. The van der Waals surface area contributed by atoms with Gasteiger partial charge in [-0.2, -0.15) is 14.8 Å². The zero-order valence-electron chi connectivity index (χ0n) is 10.0. The number of anilines is 1. The number of hydrogen-bond donors (Lipinski definition) is 2. The monoisotopic (exact) mass is 265 g/mol. The minimum Gasteiger partial charge on any atom is -0.338 e. The van der Waals surface area contributed by atoms with Gasteiger partial charge in [0.1, 0.15) is 6.33 Å². The van der Waals surface area contributed by atoms with Gasteiger partial charge in [-0.25, -0.2) is 14.2 Å². The maximum atomic E-state index is 13.7. The lowest BCUT2D eigenvalue weighted by Gasteiger charge is -2.27. The topological polar surface area (TPSA) is 91.7 Å². The Kier molecular flexibility index (Phi) is 2.95. The summed E-state index contributed by atoms with van der Waals surface area (Å²) in [6, 6.07) is 0. The number of rotatable bonds is 2. The number of H-pyrrole nitrogens is 1. The van der Waals surface area contributed by atoms with Gasteiger partial charge in [0.25, 0.3) is 0 Å². The molecule has 2 N–H and O–H groups in total. The van der Waals surface area contributed by atoms with Crippen LogP contribution in [-0.2, 0) is 0 Å². The molecule has 0 bridgehead atoms. The van der Waals surface area contributed by atoms with E-state index in [1.54, 1.807) is 0 Å². The molecule has 0 unspecified atom stereocenters. The van der Waals surface area contributed by atoms with Gasteiger partial charge in [0, 0.05) is 26.2 Å². The number of piperazine rings is 1. The van der Waals surface area contributed by atoms with Crippen molar-refractivity contribution in [3.63, 3.8) is 0 Å². The number of aromatic nitrogens is 5. The molecular weight excluding hydrogens is 253 g/mol. The molecular formula is C10H12FN7O. The molecule has 1 saturated heterocycles. The van der Waals surface area contributed by atoms with Crippen molar-refractivity contribution < 1.29 is 4.39 Å². The number of nitrogens with one attached hydrogen (secondary N) is 2. The minimum atomic E-state index is -0.687. The Bertz CT molecular complexity index is 631. The highest BCUT2D eigenvalue weighted by Gasteiger charge is 2.17. The van der Waals surface area contributed by atoms with E-state index in [0.717, 1.165) is 37.1 Å². The normalized spacial score (nSPS) is 15.7. The molecule has 0 saturated carbocycles. The van der Waals surface area contributed by atoms with Gasteiger partial charge in [-0.05, 0) is 0 Å². The van der Waals surface area contributed by atoms with Crippen LogP contribution in [-0.4, -0.2) is 50.9 Å². The van der Waals surface area contributed by atoms with Crippen molar-refractivity contribution in [3.05, 3.63) is 28.8 Å². The van der Waals surface area contributed by atoms with Crippen LogP contribution >= 0.6 is 0 Å². The third-order valence-electron chi connectivity index (χ3n) is 2.87. The lowest BCUT2D eigenvalue weighted by Crippen LogP contribution is -2.44. The summed E-state index contributed by atoms with van der Waals surface area (Å²) in [6.45, 7) is 3.11. The highest BCUT2D eigenvalue weighted by atomic mass is 19.1. The van der Waals surface area contributed by atoms with Crippen molar-refractivity contribution in [2.75, 3.05) is 31.1 Å². The van der Waals surface area contributed by atoms with Crippen molar-refractivity contribution in [3.8, 4) is 5.82 Å². The molecule has 3 rings (SSSR count). The number of halogens is 1. The number of aromatic amines is 1. The summed E-state index contributed by atoms with van der Waals surface area (Å²) < 4.78 is 14.6. The van der Waals surface area contributed by atoms with Crippen LogP contribution in [0.5, 0.6) is 0 Å². The van der Waals surface area contributed by atoms with Crippen LogP contribution in [0.15, 0.2) is 17.3 Å². The largest absolute Gasteiger partial charge is 0.349 e. The molecule has 19 heavy (non-hydrogen) atoms. The molecule has 3 heterocycles. The smallest absolute Gasteiger partial charge is 0.338 e. The molecule has 0 amide bonds. The SMILES string of the molecule is O=c1[nH]cnn1-c1nc(N2CCNCC2)ncc1F. The molecule has 1 aliphatic heterocycles. The van der Waals surface area contributed by atoms with E-state index in [4.69, 9.17) is 0 Å². The van der Waals surface area contributed by atoms with Gasteiger partial charge in [0.2, 0.25) is 5.95 Å². The summed E-state index contributed by atoms with van der Waals surface area (Å²) in [4.78, 5) is 23.8. The first-order chi connectivity index (χ1) is 9.25. The van der Waals surface area contributed by atoms with Gasteiger partial charge in [-0.1, -0.05) is 0 Å². The fourth-order valence-electron chi connectivity index (χ4n) is 1.92. The van der Waals surface area contributed by atoms with Gasteiger partial charge >= 0.3 is 5.69 Å². The second-order valence-corrected chi connectivity index (χ2v) is 4.08. The van der Waals surface area contributed by atoms with Crippen LogP contribution in [0.4, 0.5) is 10.3 Å². The molecule has 2 aromatic rings. The molecule has 100 valence electrons. The average Bonchev–Trinajstić information content (AvgIpc) is 2.86. The molecule has 8 nitrogen and oxygen atoms in total. The van der Waals surface area contributed by atoms with E-state index in [1.165, 1.54) is 6.33 Å². The Hall–Kier alpha value is -2.29. The predicted octanol–water partition coefficient (Wildman–Crippen LogP) is -1.10. The first kappa shape index (κ1) is 11.8. The Labute approximate surface area is 107 Å². The number of nitrogens with zero attached hydrogens (tertiary/aromatic N) is 5. The Morgan fingerprint density at radius 2 is 2.11 bits per heavy atom. The van der Waals surface area contributed by atoms with Crippen LogP contribution in [0.2, 0.25) is 0 Å². The van der Waals surface area contributed by atoms with Crippen molar-refractivity contribution in [2.24, 2.45) is 0 Å². The molecule has 1 aliphatic rings. The van der Waals surface area contributed by atoms with E-state index in [1.807, 2.05) is 4.90 Å². The standard InChI is InChI=1S/C10H12FN7O/c11-7-5-13-9(17-3-1-12-2-4-17)16-8(7)18-10(19)14-6-15-18/h5-6,12H,1-4H2,(H,14,15,19). The third-order valence-corrected chi connectivity index (χ3v) is 2.87. The van der Waals surface area contributed by atoms with E-state index in [9.17, 15) is 9.18 Å². The predicted molar refractivity (Wildman–Crippen MR) is 64.8 cm³/mol. The fourth-order valence-corrected chi connectivity index (χ4v) is 1.92. The minimum absolute atomic E-state index is 0.144. The second kappa shape index (κ2) is 4.76. The molecule has 0 spiro atoms. The quantitative estimate of drug-likeness (QED) is 0.716. The van der Waals surface area contributed by atoms with E-state index >= 15 is 0 Å². The van der Waals surface area contributed by atoms with E-state index in [2.05, 4.69) is 25.4 Å². The lowest BCUT2D eigenvalue weighted by molar-refractivity contribution is 0.563. The third kappa shape index (κ3) is 2.19. The molecule has 9 heteroatoms. The Morgan fingerprint density at radius 3 is 2.79 bits per heavy atom. The highest BCUT2D eigenvalue weighted by molar-refractivity contribution is 5.35. The zero-order valence-corrected chi connectivity index (χ0v) is 10.0. The van der Waals surface area contributed by atoms with Crippen LogP contribution in [0.3, 0.4) is 0 Å².